The predicted octanol–water partition coefficient (Wildman–Crippen LogP) is 3.91. The van der Waals surface area contributed by atoms with Crippen LogP contribution in [0.1, 0.15) is 11.1 Å². The molecule has 0 aromatic heterocycles. The molecule has 0 aliphatic heterocycles. The van der Waals surface area contributed by atoms with Crippen molar-refractivity contribution in [1.82, 2.24) is 0 Å². The van der Waals surface area contributed by atoms with E-state index >= 15 is 0 Å². The average Bonchev–Trinajstić information content (AvgIpc) is 3.09. The fraction of sp³-hybridized carbons (Fsp3) is 0.105. The topological polar surface area (TPSA) is 68.3 Å². The van der Waals surface area contributed by atoms with Crippen molar-refractivity contribution in [3.8, 4) is 0 Å². The van der Waals surface area contributed by atoms with Gasteiger partial charge in [0.2, 0.25) is 18.9 Å². The fourth-order valence-corrected chi connectivity index (χ4v) is 14.0. The highest BCUT2D eigenvalue weighted by Gasteiger charge is 2.37. The van der Waals surface area contributed by atoms with Crippen LogP contribution >= 0.6 is 6.33 Å². The van der Waals surface area contributed by atoms with Gasteiger partial charge in [0.1, 0.15) is 6.33 Å². The summed E-state index contributed by atoms with van der Waals surface area (Å²) in [6.45, 7) is 3.69. The Balaban J connectivity index is 2.21. The maximum Gasteiger partial charge on any atom is 0.202 e. The number of hydrogen-bond donors (Lipinski definition) is 0. The van der Waals surface area contributed by atoms with E-state index in [2.05, 4.69) is 0 Å². The van der Waals surface area contributed by atoms with Crippen LogP contribution in [-0.4, -0.2) is 16.8 Å². The molecule has 0 saturated carbocycles. The molecule has 3 aromatic rings. The summed E-state index contributed by atoms with van der Waals surface area (Å²) in [6, 6.07) is 19.0. The first-order valence-electron chi connectivity index (χ1n) is 7.88. The monoisotopic (exact) mass is 405 g/mol. The standard InChI is InChI=1S/C19H18O4PS2/c1-15-7-11-18(12-8-15)25(20,21)24(17-5-3-4-6-17)26(22,23)19-13-9-16(2)10-14-19/h3-14H,1-2H3/q-1. The summed E-state index contributed by atoms with van der Waals surface area (Å²) in [5, 5.41) is 0.307. The van der Waals surface area contributed by atoms with Crippen LogP contribution in [0.25, 0.3) is 0 Å². The summed E-state index contributed by atoms with van der Waals surface area (Å²) in [6.07, 6.45) is -2.53. The molecule has 3 rings (SSSR count). The zero-order valence-electron chi connectivity index (χ0n) is 14.3. The van der Waals surface area contributed by atoms with E-state index in [9.17, 15) is 16.8 Å². The Bertz CT molecular complexity index is 1020. The van der Waals surface area contributed by atoms with Gasteiger partial charge in [-0.25, -0.2) is 22.9 Å². The molecule has 0 radical (unpaired) electrons. The molecule has 0 fully saturated rings. The minimum atomic E-state index is -4.08. The van der Waals surface area contributed by atoms with Crippen molar-refractivity contribution in [2.24, 2.45) is 0 Å². The molecule has 0 bridgehead atoms. The van der Waals surface area contributed by atoms with E-state index in [-0.39, 0.29) is 9.79 Å². The Morgan fingerprint density at radius 1 is 0.692 bits per heavy atom. The quantitative estimate of drug-likeness (QED) is 0.477. The van der Waals surface area contributed by atoms with Crippen molar-refractivity contribution in [3.63, 3.8) is 0 Å². The molecule has 0 aliphatic rings. The van der Waals surface area contributed by atoms with Gasteiger partial charge >= 0.3 is 0 Å². The molecule has 0 unspecified atom stereocenters. The maximum absolute atomic E-state index is 13.3. The normalized spacial score (nSPS) is 12.4. The summed E-state index contributed by atoms with van der Waals surface area (Å²) in [5.41, 5.74) is 1.81. The van der Waals surface area contributed by atoms with Crippen LogP contribution in [0.2, 0.25) is 0 Å². The Morgan fingerprint density at radius 3 is 1.46 bits per heavy atom. The second kappa shape index (κ2) is 7.03. The van der Waals surface area contributed by atoms with Gasteiger partial charge in [-0.05, 0) is 38.1 Å². The van der Waals surface area contributed by atoms with Gasteiger partial charge in [0.15, 0.2) is 0 Å². The van der Waals surface area contributed by atoms with Crippen LogP contribution in [0.5, 0.6) is 0 Å². The summed E-state index contributed by atoms with van der Waals surface area (Å²) in [5.74, 6) is 0. The molecule has 0 heterocycles. The van der Waals surface area contributed by atoms with E-state index in [1.54, 1.807) is 48.5 Å². The van der Waals surface area contributed by atoms with E-state index in [1.807, 2.05) is 13.8 Å². The van der Waals surface area contributed by atoms with Crippen molar-refractivity contribution in [2.75, 3.05) is 0 Å². The third-order valence-electron chi connectivity index (χ3n) is 3.93. The van der Waals surface area contributed by atoms with Crippen LogP contribution < -0.4 is 5.30 Å². The third kappa shape index (κ3) is 3.50. The van der Waals surface area contributed by atoms with Crippen molar-refractivity contribution in [2.45, 2.75) is 23.6 Å². The van der Waals surface area contributed by atoms with Gasteiger partial charge in [-0.3, -0.25) is 0 Å². The second-order valence-electron chi connectivity index (χ2n) is 5.98. The average molecular weight is 405 g/mol. The van der Waals surface area contributed by atoms with E-state index in [4.69, 9.17) is 0 Å². The van der Waals surface area contributed by atoms with Gasteiger partial charge < -0.3 is 0 Å². The highest BCUT2D eigenvalue weighted by atomic mass is 33.1. The Labute approximate surface area is 155 Å². The van der Waals surface area contributed by atoms with Crippen LogP contribution in [0, 0.1) is 13.8 Å². The summed E-state index contributed by atoms with van der Waals surface area (Å²) in [4.78, 5) is 0.0391. The van der Waals surface area contributed by atoms with Crippen molar-refractivity contribution in [3.05, 3.63) is 83.9 Å². The van der Waals surface area contributed by atoms with Gasteiger partial charge in [0.05, 0.1) is 9.79 Å². The number of rotatable bonds is 5. The summed E-state index contributed by atoms with van der Waals surface area (Å²) >= 11 is 0. The molecule has 0 saturated heterocycles. The Hall–Kier alpha value is -1.88. The lowest BCUT2D eigenvalue weighted by atomic mass is 10.2. The molecule has 136 valence electrons. The van der Waals surface area contributed by atoms with Gasteiger partial charge in [0.25, 0.3) is 0 Å². The van der Waals surface area contributed by atoms with Gasteiger partial charge in [0, 0.05) is 0 Å². The molecule has 7 heteroatoms. The molecule has 0 spiro atoms. The van der Waals surface area contributed by atoms with E-state index in [0.29, 0.717) is 5.30 Å². The minimum absolute atomic E-state index is 0.0195. The maximum atomic E-state index is 13.3. The first-order chi connectivity index (χ1) is 12.2. The van der Waals surface area contributed by atoms with Crippen LogP contribution in [0.3, 0.4) is 0 Å². The van der Waals surface area contributed by atoms with Crippen molar-refractivity contribution < 1.29 is 16.8 Å². The number of aryl methyl sites for hydroxylation is 2. The first kappa shape index (κ1) is 18.9. The number of benzene rings is 2. The second-order valence-corrected chi connectivity index (χ2v) is 15.6. The molecular formula is C19H18O4PS2-. The molecule has 3 aromatic carbocycles. The summed E-state index contributed by atoms with van der Waals surface area (Å²) < 4.78 is 53.1. The fourth-order valence-electron chi connectivity index (χ4n) is 2.50. The highest BCUT2D eigenvalue weighted by Crippen LogP contribution is 2.54. The van der Waals surface area contributed by atoms with Crippen molar-refractivity contribution >= 4 is 30.5 Å². The predicted molar refractivity (Wildman–Crippen MR) is 105 cm³/mol. The van der Waals surface area contributed by atoms with Gasteiger partial charge in [-0.15, -0.1) is 5.30 Å². The minimum Gasteiger partial charge on any atom is -0.219 e. The molecule has 0 atom stereocenters. The lowest BCUT2D eigenvalue weighted by Gasteiger charge is -2.22. The van der Waals surface area contributed by atoms with E-state index in [1.165, 1.54) is 24.3 Å². The van der Waals surface area contributed by atoms with Crippen LogP contribution in [0.15, 0.2) is 82.6 Å². The Morgan fingerprint density at radius 2 is 1.12 bits per heavy atom. The smallest absolute Gasteiger partial charge is 0.202 e. The zero-order chi connectivity index (χ0) is 18.9. The van der Waals surface area contributed by atoms with Gasteiger partial charge in [-0.2, -0.15) is 18.2 Å². The molecule has 0 aliphatic carbocycles. The van der Waals surface area contributed by atoms with E-state index in [0.717, 1.165) is 11.1 Å². The summed E-state index contributed by atoms with van der Waals surface area (Å²) in [7, 11) is -8.16. The Kier molecular flexibility index (Phi) is 5.11. The SMILES string of the molecule is Cc1ccc(S(=O)(=O)P(c2cc[cH-]c2)S(=O)(=O)c2ccc(C)cc2)cc1. The largest absolute Gasteiger partial charge is 0.219 e. The third-order valence-corrected chi connectivity index (χ3v) is 15.9. The van der Waals surface area contributed by atoms with Crippen LogP contribution in [-0.2, 0) is 18.9 Å². The van der Waals surface area contributed by atoms with Crippen molar-refractivity contribution in [1.29, 1.82) is 0 Å². The van der Waals surface area contributed by atoms with E-state index < -0.39 is 25.2 Å². The van der Waals surface area contributed by atoms with Crippen LogP contribution in [0.4, 0.5) is 0 Å². The van der Waals surface area contributed by atoms with Gasteiger partial charge in [-0.1, -0.05) is 35.4 Å². The molecule has 0 N–H and O–H groups in total. The highest BCUT2D eigenvalue weighted by molar-refractivity contribution is 8.84. The number of hydrogen-bond acceptors (Lipinski definition) is 4. The lowest BCUT2D eigenvalue weighted by molar-refractivity contribution is 0.607. The lowest BCUT2D eigenvalue weighted by Crippen LogP contribution is -2.16. The molecule has 0 amide bonds. The molecular weight excluding hydrogens is 387 g/mol. The molecule has 4 nitrogen and oxygen atoms in total. The molecule has 26 heavy (non-hydrogen) atoms. The first-order valence-corrected chi connectivity index (χ1v) is 13.4. The zero-order valence-corrected chi connectivity index (χ0v) is 16.9.